The SMILES string of the molecule is C/C=C(\CCO[N+](=O)[O-])SC(N)=Nc1ccc(Cl)cc1. The van der Waals surface area contributed by atoms with Crippen molar-refractivity contribution in [2.75, 3.05) is 6.61 Å². The zero-order valence-electron chi connectivity index (χ0n) is 10.8. The Morgan fingerprint density at radius 3 is 2.75 bits per heavy atom. The van der Waals surface area contributed by atoms with Gasteiger partial charge in [-0.1, -0.05) is 29.4 Å². The van der Waals surface area contributed by atoms with E-state index in [1.807, 2.05) is 13.0 Å². The second-order valence-electron chi connectivity index (χ2n) is 3.59. The molecular weight excluding hydrogens is 302 g/mol. The molecule has 0 aliphatic rings. The van der Waals surface area contributed by atoms with Crippen LogP contribution in [0.1, 0.15) is 13.3 Å². The first kappa shape index (κ1) is 16.3. The van der Waals surface area contributed by atoms with Crippen LogP contribution in [0, 0.1) is 10.1 Å². The lowest BCUT2D eigenvalue weighted by Crippen LogP contribution is -2.08. The first-order valence-corrected chi connectivity index (χ1v) is 6.90. The zero-order chi connectivity index (χ0) is 15.0. The van der Waals surface area contributed by atoms with Crippen LogP contribution in [0.3, 0.4) is 0 Å². The largest absolute Gasteiger partial charge is 0.378 e. The Labute approximate surface area is 125 Å². The lowest BCUT2D eigenvalue weighted by atomic mass is 10.3. The predicted molar refractivity (Wildman–Crippen MR) is 81.6 cm³/mol. The van der Waals surface area contributed by atoms with Crippen LogP contribution in [0.5, 0.6) is 0 Å². The third-order valence-corrected chi connectivity index (χ3v) is 3.42. The molecule has 0 saturated carbocycles. The number of nitrogens with zero attached hydrogens (tertiary/aromatic N) is 2. The van der Waals surface area contributed by atoms with Crippen molar-refractivity contribution in [1.82, 2.24) is 0 Å². The van der Waals surface area contributed by atoms with Gasteiger partial charge < -0.3 is 10.6 Å². The first-order chi connectivity index (χ1) is 9.51. The highest BCUT2D eigenvalue weighted by atomic mass is 35.5. The van der Waals surface area contributed by atoms with E-state index in [0.29, 0.717) is 22.3 Å². The minimum atomic E-state index is -0.816. The van der Waals surface area contributed by atoms with Crippen molar-refractivity contribution in [2.45, 2.75) is 13.3 Å². The molecule has 0 atom stereocenters. The van der Waals surface area contributed by atoms with E-state index in [1.54, 1.807) is 24.3 Å². The van der Waals surface area contributed by atoms with Gasteiger partial charge >= 0.3 is 0 Å². The number of amidine groups is 1. The van der Waals surface area contributed by atoms with Gasteiger partial charge in [0.25, 0.3) is 5.09 Å². The lowest BCUT2D eigenvalue weighted by Gasteiger charge is -2.05. The minimum absolute atomic E-state index is 0.00605. The number of rotatable bonds is 6. The van der Waals surface area contributed by atoms with Crippen LogP contribution in [0.25, 0.3) is 0 Å². The molecule has 0 aromatic heterocycles. The molecule has 0 bridgehead atoms. The molecule has 6 nitrogen and oxygen atoms in total. The van der Waals surface area contributed by atoms with Crippen molar-refractivity contribution in [3.8, 4) is 0 Å². The molecule has 1 rings (SSSR count). The number of allylic oxidation sites excluding steroid dienone is 1. The molecule has 0 spiro atoms. The summed E-state index contributed by atoms with van der Waals surface area (Å²) in [5, 5.41) is 10.2. The van der Waals surface area contributed by atoms with Crippen LogP contribution >= 0.6 is 23.4 Å². The van der Waals surface area contributed by atoms with Crippen molar-refractivity contribution in [2.24, 2.45) is 10.7 Å². The Morgan fingerprint density at radius 1 is 1.55 bits per heavy atom. The molecule has 2 N–H and O–H groups in total. The molecule has 0 heterocycles. The molecule has 0 saturated heterocycles. The first-order valence-electron chi connectivity index (χ1n) is 5.71. The van der Waals surface area contributed by atoms with Crippen molar-refractivity contribution in [3.63, 3.8) is 0 Å². The highest BCUT2D eigenvalue weighted by Gasteiger charge is 2.03. The van der Waals surface area contributed by atoms with E-state index in [0.717, 1.165) is 4.91 Å². The van der Waals surface area contributed by atoms with Crippen LogP contribution in [-0.2, 0) is 4.84 Å². The maximum Gasteiger partial charge on any atom is 0.294 e. The molecule has 0 aliphatic carbocycles. The number of thioether (sulfide) groups is 1. The lowest BCUT2D eigenvalue weighted by molar-refractivity contribution is -0.757. The quantitative estimate of drug-likeness (QED) is 0.375. The summed E-state index contributed by atoms with van der Waals surface area (Å²) in [4.78, 5) is 19.4. The molecule has 0 amide bonds. The van der Waals surface area contributed by atoms with E-state index < -0.39 is 5.09 Å². The summed E-state index contributed by atoms with van der Waals surface area (Å²) in [6.45, 7) is 1.82. The molecule has 0 fully saturated rings. The number of hydrogen-bond donors (Lipinski definition) is 1. The molecule has 20 heavy (non-hydrogen) atoms. The summed E-state index contributed by atoms with van der Waals surface area (Å²) in [6.07, 6.45) is 2.22. The molecule has 8 heteroatoms. The summed E-state index contributed by atoms with van der Waals surface area (Å²) in [5.74, 6) is 0. The smallest absolute Gasteiger partial charge is 0.294 e. The Hall–Kier alpha value is -1.73. The van der Waals surface area contributed by atoms with Crippen LogP contribution in [-0.4, -0.2) is 16.9 Å². The van der Waals surface area contributed by atoms with Gasteiger partial charge in [-0.2, -0.15) is 0 Å². The van der Waals surface area contributed by atoms with E-state index in [-0.39, 0.29) is 6.61 Å². The maximum absolute atomic E-state index is 10.1. The maximum atomic E-state index is 10.1. The van der Waals surface area contributed by atoms with E-state index in [9.17, 15) is 10.1 Å². The van der Waals surface area contributed by atoms with Gasteiger partial charge in [0.05, 0.1) is 5.69 Å². The van der Waals surface area contributed by atoms with Crippen molar-refractivity contribution >= 4 is 34.2 Å². The Bertz CT molecular complexity index is 517. The van der Waals surface area contributed by atoms with Crippen molar-refractivity contribution in [3.05, 3.63) is 50.4 Å². The van der Waals surface area contributed by atoms with E-state index in [2.05, 4.69) is 9.83 Å². The van der Waals surface area contributed by atoms with E-state index in [4.69, 9.17) is 17.3 Å². The monoisotopic (exact) mass is 315 g/mol. The zero-order valence-corrected chi connectivity index (χ0v) is 12.4. The van der Waals surface area contributed by atoms with Gasteiger partial charge in [0.15, 0.2) is 5.17 Å². The Morgan fingerprint density at radius 2 is 2.20 bits per heavy atom. The fourth-order valence-corrected chi connectivity index (χ4v) is 2.12. The van der Waals surface area contributed by atoms with Gasteiger partial charge in [0, 0.05) is 11.4 Å². The highest BCUT2D eigenvalue weighted by molar-refractivity contribution is 8.17. The number of aliphatic imine (C=N–C) groups is 1. The topological polar surface area (TPSA) is 90.8 Å². The highest BCUT2D eigenvalue weighted by Crippen LogP contribution is 2.22. The number of nitrogens with two attached hydrogens (primary N) is 1. The predicted octanol–water partition coefficient (Wildman–Crippen LogP) is 3.52. The Kier molecular flexibility index (Phi) is 6.89. The second-order valence-corrected chi connectivity index (χ2v) is 5.17. The minimum Gasteiger partial charge on any atom is -0.378 e. The van der Waals surface area contributed by atoms with Crippen LogP contribution in [0.4, 0.5) is 5.69 Å². The van der Waals surface area contributed by atoms with Crippen molar-refractivity contribution in [1.29, 1.82) is 0 Å². The average Bonchev–Trinajstić information content (AvgIpc) is 2.40. The third kappa shape index (κ3) is 6.44. The number of benzene rings is 1. The van der Waals surface area contributed by atoms with Gasteiger partial charge in [0.2, 0.25) is 0 Å². The standard InChI is InChI=1S/C12H14ClN3O3S/c1-2-11(7-8-19-16(17)18)20-12(14)15-10-5-3-9(13)4-6-10/h2-6H,7-8H2,1H3,(H2,14,15)/b11-2+. The average molecular weight is 316 g/mol. The van der Waals surface area contributed by atoms with Crippen molar-refractivity contribution < 1.29 is 9.92 Å². The van der Waals surface area contributed by atoms with Crippen LogP contribution < -0.4 is 5.73 Å². The van der Waals surface area contributed by atoms with Gasteiger partial charge in [0.1, 0.15) is 6.61 Å². The molecule has 1 aromatic carbocycles. The molecular formula is C12H14ClN3O3S. The fraction of sp³-hybridized carbons (Fsp3) is 0.250. The van der Waals surface area contributed by atoms with E-state index >= 15 is 0 Å². The summed E-state index contributed by atoms with van der Waals surface area (Å²) in [6, 6.07) is 6.95. The van der Waals surface area contributed by atoms with Gasteiger partial charge in [-0.25, -0.2) is 4.99 Å². The fourth-order valence-electron chi connectivity index (χ4n) is 1.28. The number of hydrogen-bond acceptors (Lipinski definition) is 5. The van der Waals surface area contributed by atoms with Crippen LogP contribution in [0.2, 0.25) is 5.02 Å². The molecule has 0 radical (unpaired) electrons. The number of halogens is 1. The molecule has 108 valence electrons. The van der Waals surface area contributed by atoms with Gasteiger partial charge in [-0.05, 0) is 36.1 Å². The van der Waals surface area contributed by atoms with Crippen LogP contribution in [0.15, 0.2) is 40.2 Å². The van der Waals surface area contributed by atoms with E-state index in [1.165, 1.54) is 11.8 Å². The summed E-state index contributed by atoms with van der Waals surface area (Å²) in [7, 11) is 0. The van der Waals surface area contributed by atoms with Gasteiger partial charge in [-0.15, -0.1) is 10.1 Å². The van der Waals surface area contributed by atoms with Gasteiger partial charge in [-0.3, -0.25) is 0 Å². The molecule has 1 aromatic rings. The summed E-state index contributed by atoms with van der Waals surface area (Å²) >= 11 is 7.02. The summed E-state index contributed by atoms with van der Waals surface area (Å²) < 4.78 is 0. The molecule has 0 unspecified atom stereocenters. The third-order valence-electron chi connectivity index (χ3n) is 2.17. The molecule has 0 aliphatic heterocycles. The Balaban J connectivity index is 2.56. The normalized spacial score (nSPS) is 12.3. The summed E-state index contributed by atoms with van der Waals surface area (Å²) in [5.41, 5.74) is 6.51. The second kappa shape index (κ2) is 8.44.